The molecule has 2 aromatic heterocycles. The van der Waals surface area contributed by atoms with E-state index in [9.17, 15) is 9.59 Å². The topological polar surface area (TPSA) is 60.8 Å². The average Bonchev–Trinajstić information content (AvgIpc) is 3.43. The Morgan fingerprint density at radius 1 is 1.09 bits per heavy atom. The Bertz CT molecular complexity index is 915. The fourth-order valence-electron chi connectivity index (χ4n) is 5.02. The quantitative estimate of drug-likeness (QED) is 0.617. The van der Waals surface area contributed by atoms with Gasteiger partial charge in [-0.15, -0.1) is 11.3 Å². The summed E-state index contributed by atoms with van der Waals surface area (Å²) in [6.45, 7) is 13.7. The zero-order valence-corrected chi connectivity index (χ0v) is 20.3. The van der Waals surface area contributed by atoms with Crippen molar-refractivity contribution in [3.05, 3.63) is 23.2 Å². The fraction of sp³-hybridized carbons (Fsp3) is 0.667. The van der Waals surface area contributed by atoms with Gasteiger partial charge in [0.15, 0.2) is 0 Å². The third-order valence-electron chi connectivity index (χ3n) is 7.00. The van der Waals surface area contributed by atoms with Crippen LogP contribution in [0.1, 0.15) is 43.6 Å². The Morgan fingerprint density at radius 3 is 2.62 bits per heavy atom. The summed E-state index contributed by atoms with van der Waals surface area (Å²) in [4.78, 5) is 32.9. The zero-order chi connectivity index (χ0) is 22.5. The number of likely N-dealkylation sites (N-methyl/N-ethyl adjacent to an activating group) is 1. The third kappa shape index (κ3) is 5.18. The van der Waals surface area contributed by atoms with Gasteiger partial charge in [0.1, 0.15) is 5.69 Å². The molecule has 4 rings (SSSR count). The maximum absolute atomic E-state index is 13.3. The number of hydrogen-bond donors (Lipinski definition) is 1. The predicted octanol–water partition coefficient (Wildman–Crippen LogP) is 2.72. The highest BCUT2D eigenvalue weighted by molar-refractivity contribution is 7.17. The second kappa shape index (κ2) is 10.8. The molecule has 2 saturated heterocycles. The van der Waals surface area contributed by atoms with Gasteiger partial charge in [0.2, 0.25) is 5.91 Å². The van der Waals surface area contributed by atoms with Crippen molar-refractivity contribution >= 4 is 33.4 Å². The second-order valence-corrected chi connectivity index (χ2v) is 9.90. The van der Waals surface area contributed by atoms with Gasteiger partial charge in [0, 0.05) is 52.4 Å². The van der Waals surface area contributed by atoms with Crippen LogP contribution < -0.4 is 5.32 Å². The molecule has 7 nitrogen and oxygen atoms in total. The van der Waals surface area contributed by atoms with E-state index in [1.165, 1.54) is 0 Å². The summed E-state index contributed by atoms with van der Waals surface area (Å²) in [6, 6.07) is 4.09. The minimum Gasteiger partial charge on any atom is -0.356 e. The van der Waals surface area contributed by atoms with Crippen molar-refractivity contribution in [1.82, 2.24) is 24.6 Å². The van der Waals surface area contributed by atoms with Crippen LogP contribution in [0.5, 0.6) is 0 Å². The Labute approximate surface area is 195 Å². The van der Waals surface area contributed by atoms with Crippen molar-refractivity contribution in [2.75, 3.05) is 58.9 Å². The van der Waals surface area contributed by atoms with Gasteiger partial charge >= 0.3 is 0 Å². The van der Waals surface area contributed by atoms with Crippen LogP contribution in [-0.4, -0.2) is 90.0 Å². The number of piperazine rings is 1. The molecule has 4 heterocycles. The first-order valence-electron chi connectivity index (χ1n) is 12.2. The lowest BCUT2D eigenvalue weighted by molar-refractivity contribution is -0.126. The first-order valence-corrected chi connectivity index (χ1v) is 13.1. The molecule has 0 saturated carbocycles. The maximum Gasteiger partial charge on any atom is 0.270 e. The van der Waals surface area contributed by atoms with Gasteiger partial charge in [-0.05, 0) is 56.8 Å². The highest BCUT2D eigenvalue weighted by atomic mass is 32.1. The molecule has 32 heavy (non-hydrogen) atoms. The van der Waals surface area contributed by atoms with Crippen molar-refractivity contribution in [2.45, 2.75) is 39.7 Å². The van der Waals surface area contributed by atoms with Crippen LogP contribution in [0.2, 0.25) is 0 Å². The van der Waals surface area contributed by atoms with E-state index in [1.54, 1.807) is 11.3 Å². The molecule has 2 aliphatic heterocycles. The summed E-state index contributed by atoms with van der Waals surface area (Å²) < 4.78 is 3.25. The molecule has 0 radical (unpaired) electrons. The highest BCUT2D eigenvalue weighted by Crippen LogP contribution is 2.27. The monoisotopic (exact) mass is 459 g/mol. The molecule has 0 bridgehead atoms. The Kier molecular flexibility index (Phi) is 7.86. The van der Waals surface area contributed by atoms with Crippen molar-refractivity contribution < 1.29 is 9.59 Å². The largest absolute Gasteiger partial charge is 0.356 e. The van der Waals surface area contributed by atoms with Crippen LogP contribution in [0.15, 0.2) is 17.5 Å². The molecule has 2 aliphatic rings. The molecule has 8 heteroatoms. The predicted molar refractivity (Wildman–Crippen MR) is 130 cm³/mol. The Hall–Kier alpha value is -1.90. The molecule has 0 spiro atoms. The third-order valence-corrected chi connectivity index (χ3v) is 7.85. The van der Waals surface area contributed by atoms with E-state index >= 15 is 0 Å². The molecular formula is C24H37N5O2S. The minimum atomic E-state index is -0.105. The van der Waals surface area contributed by atoms with Gasteiger partial charge in [-0.3, -0.25) is 9.59 Å². The van der Waals surface area contributed by atoms with E-state index < -0.39 is 0 Å². The smallest absolute Gasteiger partial charge is 0.270 e. The van der Waals surface area contributed by atoms with Crippen molar-refractivity contribution in [2.24, 2.45) is 5.92 Å². The van der Waals surface area contributed by atoms with Gasteiger partial charge < -0.3 is 24.6 Å². The van der Waals surface area contributed by atoms with E-state index in [0.717, 1.165) is 87.5 Å². The summed E-state index contributed by atoms with van der Waals surface area (Å²) >= 11 is 1.67. The lowest BCUT2D eigenvalue weighted by Gasteiger charge is -2.34. The number of nitrogens with one attached hydrogen (secondary N) is 1. The van der Waals surface area contributed by atoms with E-state index in [2.05, 4.69) is 45.0 Å². The summed E-state index contributed by atoms with van der Waals surface area (Å²) in [6.07, 6.45) is 2.72. The molecule has 2 fully saturated rings. The fourth-order valence-corrected chi connectivity index (χ4v) is 5.84. The molecule has 1 N–H and O–H groups in total. The first kappa shape index (κ1) is 23.3. The van der Waals surface area contributed by atoms with E-state index in [-0.39, 0.29) is 17.7 Å². The first-order chi connectivity index (χ1) is 15.6. The lowest BCUT2D eigenvalue weighted by atomic mass is 9.97. The number of carbonyl (C=O) groups is 2. The molecular weight excluding hydrogens is 422 g/mol. The number of thiophene rings is 1. The van der Waals surface area contributed by atoms with Crippen LogP contribution in [-0.2, 0) is 11.3 Å². The number of likely N-dealkylation sites (tertiary alicyclic amines) is 1. The number of nitrogens with zero attached hydrogens (tertiary/aromatic N) is 4. The Morgan fingerprint density at radius 2 is 1.88 bits per heavy atom. The van der Waals surface area contributed by atoms with Gasteiger partial charge in [-0.2, -0.15) is 0 Å². The number of carbonyl (C=O) groups excluding carboxylic acids is 2. The number of aryl methyl sites for hydroxylation is 1. The summed E-state index contributed by atoms with van der Waals surface area (Å²) in [5.74, 6) is 0.0519. The van der Waals surface area contributed by atoms with Crippen molar-refractivity contribution in [3.63, 3.8) is 0 Å². The molecule has 176 valence electrons. The van der Waals surface area contributed by atoms with Crippen LogP contribution >= 0.6 is 11.3 Å². The molecule has 0 aliphatic carbocycles. The van der Waals surface area contributed by atoms with E-state index in [0.29, 0.717) is 13.1 Å². The van der Waals surface area contributed by atoms with Crippen molar-refractivity contribution in [3.8, 4) is 0 Å². The molecule has 1 atom stereocenters. The van der Waals surface area contributed by atoms with Crippen LogP contribution in [0.3, 0.4) is 0 Å². The molecule has 0 aromatic carbocycles. The summed E-state index contributed by atoms with van der Waals surface area (Å²) in [7, 11) is 0. The van der Waals surface area contributed by atoms with Gasteiger partial charge in [0.05, 0.1) is 16.1 Å². The standard InChI is InChI=1S/C24H37N5O2S/c1-3-26-12-14-27(15-13-26)10-6-9-25-23(30)19-7-5-11-28(18-19)24(31)21-17-22-20(8-16-32-22)29(21)4-2/h8,16-17,19H,3-7,9-15,18H2,1-2H3,(H,25,30)/t19-/m0/s1. The number of aromatic nitrogens is 1. The normalized spacial score (nSPS) is 20.7. The van der Waals surface area contributed by atoms with Gasteiger partial charge in [-0.1, -0.05) is 6.92 Å². The van der Waals surface area contributed by atoms with Crippen LogP contribution in [0, 0.1) is 5.92 Å². The average molecular weight is 460 g/mol. The SMILES string of the molecule is CCN1CCN(CCCNC(=O)[C@H]2CCCN(C(=O)c3cc4sccc4n3CC)C2)CC1. The van der Waals surface area contributed by atoms with E-state index in [4.69, 9.17) is 0 Å². The second-order valence-electron chi connectivity index (χ2n) is 8.95. The summed E-state index contributed by atoms with van der Waals surface area (Å²) in [5, 5.41) is 5.20. The minimum absolute atomic E-state index is 0.0546. The Balaban J connectivity index is 1.24. The van der Waals surface area contributed by atoms with Crippen LogP contribution in [0.4, 0.5) is 0 Å². The lowest BCUT2D eigenvalue weighted by Crippen LogP contribution is -2.47. The number of rotatable bonds is 8. The number of piperidine rings is 1. The summed E-state index contributed by atoms with van der Waals surface area (Å²) in [5.41, 5.74) is 1.88. The van der Waals surface area contributed by atoms with Crippen LogP contribution in [0.25, 0.3) is 10.2 Å². The van der Waals surface area contributed by atoms with E-state index in [1.807, 2.05) is 11.0 Å². The number of fused-ring (bicyclic) bond motifs is 1. The molecule has 2 aromatic rings. The highest BCUT2D eigenvalue weighted by Gasteiger charge is 2.30. The van der Waals surface area contributed by atoms with Crippen molar-refractivity contribution in [1.29, 1.82) is 0 Å². The molecule has 0 unspecified atom stereocenters. The molecule has 2 amide bonds. The van der Waals surface area contributed by atoms with Gasteiger partial charge in [0.25, 0.3) is 5.91 Å². The zero-order valence-electron chi connectivity index (χ0n) is 19.5. The maximum atomic E-state index is 13.3. The van der Waals surface area contributed by atoms with Gasteiger partial charge in [-0.25, -0.2) is 0 Å². The number of hydrogen-bond acceptors (Lipinski definition) is 5. The number of amides is 2.